The fraction of sp³-hybridized carbons (Fsp3) is 0.857. The topological polar surface area (TPSA) is 70.8 Å². The summed E-state index contributed by atoms with van der Waals surface area (Å²) >= 11 is 0. The van der Waals surface area contributed by atoms with Gasteiger partial charge in [0.2, 0.25) is 5.95 Å². The first-order valence-corrected chi connectivity index (χ1v) is 7.18. The number of anilines is 1. The lowest BCUT2D eigenvalue weighted by molar-refractivity contribution is 0.270. The number of hydrogen-bond donors (Lipinski definition) is 2. The van der Waals surface area contributed by atoms with E-state index in [1.54, 1.807) is 0 Å². The van der Waals surface area contributed by atoms with Crippen LogP contribution in [0.2, 0.25) is 0 Å². The number of aromatic amines is 1. The van der Waals surface area contributed by atoms with E-state index in [4.69, 9.17) is 5.73 Å². The first kappa shape index (κ1) is 14.3. The van der Waals surface area contributed by atoms with Gasteiger partial charge in [-0.1, -0.05) is 27.7 Å². The van der Waals surface area contributed by atoms with E-state index in [0.29, 0.717) is 0 Å². The standard InChI is InChI=1S/C14H27N5/c1-13(2,3)8-11-16-12(18-17-11)19-7-5-6-14(4,9-15)10-19/h5-10,15H2,1-4H3,(H,16,17,18). The molecule has 1 aliphatic rings. The number of nitrogens with zero attached hydrogens (tertiary/aromatic N) is 3. The van der Waals surface area contributed by atoms with Crippen molar-refractivity contribution in [3.05, 3.63) is 5.82 Å². The highest BCUT2D eigenvalue weighted by atomic mass is 15.4. The van der Waals surface area contributed by atoms with Crippen molar-refractivity contribution in [2.24, 2.45) is 16.6 Å². The van der Waals surface area contributed by atoms with Crippen LogP contribution in [0.25, 0.3) is 0 Å². The summed E-state index contributed by atoms with van der Waals surface area (Å²) in [6.07, 6.45) is 3.28. The molecule has 5 nitrogen and oxygen atoms in total. The van der Waals surface area contributed by atoms with E-state index in [1.807, 2.05) is 0 Å². The quantitative estimate of drug-likeness (QED) is 0.876. The molecule has 0 bridgehead atoms. The highest BCUT2D eigenvalue weighted by molar-refractivity contribution is 5.30. The zero-order valence-electron chi connectivity index (χ0n) is 12.7. The summed E-state index contributed by atoms with van der Waals surface area (Å²) in [6.45, 7) is 11.6. The van der Waals surface area contributed by atoms with E-state index >= 15 is 0 Å². The second kappa shape index (κ2) is 5.12. The Morgan fingerprint density at radius 1 is 1.42 bits per heavy atom. The van der Waals surface area contributed by atoms with Gasteiger partial charge in [-0.15, -0.1) is 5.10 Å². The van der Waals surface area contributed by atoms with Gasteiger partial charge in [-0.05, 0) is 30.2 Å². The summed E-state index contributed by atoms with van der Waals surface area (Å²) in [4.78, 5) is 6.90. The minimum absolute atomic E-state index is 0.197. The molecule has 5 heteroatoms. The Hall–Kier alpha value is -1.10. The first-order valence-electron chi connectivity index (χ1n) is 7.18. The molecule has 0 aliphatic carbocycles. The third kappa shape index (κ3) is 3.69. The lowest BCUT2D eigenvalue weighted by Crippen LogP contribution is -2.46. The Bertz CT molecular complexity index is 420. The van der Waals surface area contributed by atoms with Gasteiger partial charge >= 0.3 is 0 Å². The molecule has 1 saturated heterocycles. The number of piperidine rings is 1. The van der Waals surface area contributed by atoms with Crippen LogP contribution >= 0.6 is 0 Å². The number of rotatable bonds is 3. The number of nitrogens with one attached hydrogen (secondary N) is 1. The molecular weight excluding hydrogens is 238 g/mol. The lowest BCUT2D eigenvalue weighted by Gasteiger charge is -2.39. The van der Waals surface area contributed by atoms with Gasteiger partial charge in [0.05, 0.1) is 0 Å². The van der Waals surface area contributed by atoms with Crippen LogP contribution in [0, 0.1) is 10.8 Å². The molecule has 1 aliphatic heterocycles. The Morgan fingerprint density at radius 2 is 2.16 bits per heavy atom. The second-order valence-electron chi connectivity index (χ2n) is 7.36. The van der Waals surface area contributed by atoms with E-state index < -0.39 is 0 Å². The molecule has 19 heavy (non-hydrogen) atoms. The van der Waals surface area contributed by atoms with Crippen LogP contribution in [-0.2, 0) is 6.42 Å². The van der Waals surface area contributed by atoms with Gasteiger partial charge in [0.25, 0.3) is 0 Å². The van der Waals surface area contributed by atoms with Gasteiger partial charge in [0, 0.05) is 19.5 Å². The number of H-pyrrole nitrogens is 1. The molecule has 0 spiro atoms. The van der Waals surface area contributed by atoms with Crippen LogP contribution in [0.15, 0.2) is 0 Å². The van der Waals surface area contributed by atoms with Crippen molar-refractivity contribution in [3.8, 4) is 0 Å². The lowest BCUT2D eigenvalue weighted by atomic mass is 9.82. The summed E-state index contributed by atoms with van der Waals surface area (Å²) in [7, 11) is 0. The summed E-state index contributed by atoms with van der Waals surface area (Å²) < 4.78 is 0. The van der Waals surface area contributed by atoms with Crippen molar-refractivity contribution in [2.75, 3.05) is 24.5 Å². The molecule has 0 amide bonds. The Kier molecular flexibility index (Phi) is 3.85. The van der Waals surface area contributed by atoms with Crippen LogP contribution < -0.4 is 10.6 Å². The van der Waals surface area contributed by atoms with E-state index in [1.165, 1.54) is 6.42 Å². The van der Waals surface area contributed by atoms with Crippen molar-refractivity contribution in [1.29, 1.82) is 0 Å². The largest absolute Gasteiger partial charge is 0.339 e. The molecular formula is C14H27N5. The first-order chi connectivity index (χ1) is 8.81. The zero-order valence-corrected chi connectivity index (χ0v) is 12.7. The molecule has 1 atom stereocenters. The monoisotopic (exact) mass is 265 g/mol. The maximum absolute atomic E-state index is 5.89. The number of hydrogen-bond acceptors (Lipinski definition) is 4. The summed E-state index contributed by atoms with van der Waals surface area (Å²) in [5.74, 6) is 1.81. The van der Waals surface area contributed by atoms with Crippen molar-refractivity contribution < 1.29 is 0 Å². The van der Waals surface area contributed by atoms with Gasteiger partial charge in [-0.3, -0.25) is 5.10 Å². The van der Waals surface area contributed by atoms with Crippen LogP contribution in [0.5, 0.6) is 0 Å². The molecule has 108 valence electrons. The molecule has 2 rings (SSSR count). The van der Waals surface area contributed by atoms with Gasteiger partial charge in [0.15, 0.2) is 0 Å². The van der Waals surface area contributed by atoms with Crippen molar-refractivity contribution in [1.82, 2.24) is 15.2 Å². The van der Waals surface area contributed by atoms with Gasteiger partial charge in [-0.2, -0.15) is 4.98 Å². The van der Waals surface area contributed by atoms with Crippen LogP contribution in [0.4, 0.5) is 5.95 Å². The average molecular weight is 265 g/mol. The highest BCUT2D eigenvalue weighted by Gasteiger charge is 2.31. The van der Waals surface area contributed by atoms with Crippen LogP contribution in [0.1, 0.15) is 46.4 Å². The van der Waals surface area contributed by atoms with Gasteiger partial charge in [-0.25, -0.2) is 0 Å². The summed E-state index contributed by atoms with van der Waals surface area (Å²) in [5.41, 5.74) is 6.32. The third-order valence-electron chi connectivity index (χ3n) is 3.77. The molecule has 2 heterocycles. The Morgan fingerprint density at radius 3 is 2.79 bits per heavy atom. The smallest absolute Gasteiger partial charge is 0.244 e. The van der Waals surface area contributed by atoms with E-state index in [2.05, 4.69) is 47.8 Å². The fourth-order valence-corrected chi connectivity index (χ4v) is 2.66. The van der Waals surface area contributed by atoms with Crippen molar-refractivity contribution in [3.63, 3.8) is 0 Å². The molecule has 1 aromatic rings. The zero-order chi connectivity index (χ0) is 14.1. The van der Waals surface area contributed by atoms with E-state index in [9.17, 15) is 0 Å². The fourth-order valence-electron chi connectivity index (χ4n) is 2.66. The van der Waals surface area contributed by atoms with Crippen LogP contribution in [0.3, 0.4) is 0 Å². The summed E-state index contributed by atoms with van der Waals surface area (Å²) in [6, 6.07) is 0. The minimum atomic E-state index is 0.197. The van der Waals surface area contributed by atoms with Crippen molar-refractivity contribution >= 4 is 5.95 Å². The van der Waals surface area contributed by atoms with Gasteiger partial charge < -0.3 is 10.6 Å². The predicted octanol–water partition coefficient (Wildman–Crippen LogP) is 1.96. The average Bonchev–Trinajstić information content (AvgIpc) is 2.75. The summed E-state index contributed by atoms with van der Waals surface area (Å²) in [5, 5.41) is 7.44. The molecule has 1 aromatic heterocycles. The number of nitrogens with two attached hydrogens (primary N) is 1. The Labute approximate surface area is 116 Å². The third-order valence-corrected chi connectivity index (χ3v) is 3.77. The van der Waals surface area contributed by atoms with E-state index in [0.717, 1.165) is 44.2 Å². The minimum Gasteiger partial charge on any atom is -0.339 e. The maximum atomic E-state index is 5.89. The molecule has 0 aromatic carbocycles. The molecule has 3 N–H and O–H groups in total. The maximum Gasteiger partial charge on any atom is 0.244 e. The molecule has 1 unspecified atom stereocenters. The molecule has 0 radical (unpaired) electrons. The number of aromatic nitrogens is 3. The predicted molar refractivity (Wildman–Crippen MR) is 78.2 cm³/mol. The van der Waals surface area contributed by atoms with Crippen molar-refractivity contribution in [2.45, 2.75) is 47.0 Å². The highest BCUT2D eigenvalue weighted by Crippen LogP contribution is 2.30. The second-order valence-corrected chi connectivity index (χ2v) is 7.36. The van der Waals surface area contributed by atoms with Crippen LogP contribution in [-0.4, -0.2) is 34.8 Å². The van der Waals surface area contributed by atoms with Gasteiger partial charge in [0.1, 0.15) is 5.82 Å². The van der Waals surface area contributed by atoms with E-state index in [-0.39, 0.29) is 10.8 Å². The Balaban J connectivity index is 2.06. The normalized spacial score (nSPS) is 24.8. The molecule has 1 fully saturated rings. The SMILES string of the molecule is CC(C)(C)Cc1nc(N2CCCC(C)(CN)C2)n[nH]1. The molecule has 0 saturated carbocycles.